The van der Waals surface area contributed by atoms with E-state index in [-0.39, 0.29) is 5.69 Å². The van der Waals surface area contributed by atoms with E-state index in [4.69, 9.17) is 0 Å². The van der Waals surface area contributed by atoms with Crippen LogP contribution in [0.4, 0.5) is 10.1 Å². The maximum Gasteiger partial charge on any atom is 0.255 e. The minimum absolute atomic E-state index is 0.129. The van der Waals surface area contributed by atoms with Gasteiger partial charge in [-0.3, -0.25) is 4.79 Å². The molecule has 23 heavy (non-hydrogen) atoms. The predicted molar refractivity (Wildman–Crippen MR) is 91.1 cm³/mol. The lowest BCUT2D eigenvalue weighted by atomic mass is 10.1. The number of aromatic nitrogens is 2. The number of rotatable bonds is 2. The molecule has 0 unspecified atom stereocenters. The summed E-state index contributed by atoms with van der Waals surface area (Å²) in [6, 6.07) is 9.51. The highest BCUT2D eigenvalue weighted by molar-refractivity contribution is 9.10. The smallest absolute Gasteiger partial charge is 0.255 e. The number of nitrogens with one attached hydrogen (secondary N) is 1. The van der Waals surface area contributed by atoms with E-state index in [0.29, 0.717) is 15.6 Å². The Morgan fingerprint density at radius 3 is 2.43 bits per heavy atom. The van der Waals surface area contributed by atoms with Gasteiger partial charge in [0.15, 0.2) is 0 Å². The van der Waals surface area contributed by atoms with Crippen molar-refractivity contribution in [2.75, 3.05) is 5.32 Å². The second-order valence-electron chi connectivity index (χ2n) is 5.18. The molecule has 116 valence electrons. The van der Waals surface area contributed by atoms with Crippen LogP contribution in [0, 0.1) is 19.7 Å². The SMILES string of the molecule is Cc1nc2ccc(C(=O)Nc3ccc(Br)cc3F)cc2nc1C. The Morgan fingerprint density at radius 1 is 1.04 bits per heavy atom. The van der Waals surface area contributed by atoms with E-state index in [0.717, 1.165) is 16.9 Å². The number of carbonyl (C=O) groups is 1. The quantitative estimate of drug-likeness (QED) is 0.724. The van der Waals surface area contributed by atoms with Crippen LogP contribution in [-0.2, 0) is 0 Å². The van der Waals surface area contributed by atoms with Crippen LogP contribution >= 0.6 is 15.9 Å². The van der Waals surface area contributed by atoms with Crippen molar-refractivity contribution < 1.29 is 9.18 Å². The predicted octanol–water partition coefficient (Wildman–Crippen LogP) is 4.40. The van der Waals surface area contributed by atoms with E-state index < -0.39 is 11.7 Å². The number of anilines is 1. The largest absolute Gasteiger partial charge is 0.319 e. The molecular weight excluding hydrogens is 361 g/mol. The molecule has 0 aliphatic carbocycles. The van der Waals surface area contributed by atoms with Gasteiger partial charge in [0.25, 0.3) is 5.91 Å². The molecule has 0 saturated heterocycles. The molecular formula is C17H13BrFN3O. The number of aryl methyl sites for hydroxylation is 2. The van der Waals surface area contributed by atoms with Crippen LogP contribution < -0.4 is 5.32 Å². The van der Waals surface area contributed by atoms with Gasteiger partial charge in [-0.2, -0.15) is 0 Å². The molecule has 0 radical (unpaired) electrons. The van der Waals surface area contributed by atoms with Crippen LogP contribution in [0.2, 0.25) is 0 Å². The highest BCUT2D eigenvalue weighted by Gasteiger charge is 2.11. The third-order valence-electron chi connectivity index (χ3n) is 3.52. The van der Waals surface area contributed by atoms with Crippen molar-refractivity contribution >= 4 is 38.6 Å². The number of halogens is 2. The molecule has 3 aromatic rings. The fourth-order valence-corrected chi connectivity index (χ4v) is 2.49. The van der Waals surface area contributed by atoms with E-state index in [1.165, 1.54) is 12.1 Å². The van der Waals surface area contributed by atoms with Crippen LogP contribution in [0.1, 0.15) is 21.7 Å². The third kappa shape index (κ3) is 3.22. The van der Waals surface area contributed by atoms with Gasteiger partial charge in [-0.25, -0.2) is 14.4 Å². The van der Waals surface area contributed by atoms with E-state index >= 15 is 0 Å². The summed E-state index contributed by atoms with van der Waals surface area (Å²) >= 11 is 3.18. The number of fused-ring (bicyclic) bond motifs is 1. The van der Waals surface area contributed by atoms with Crippen molar-refractivity contribution in [3.8, 4) is 0 Å². The van der Waals surface area contributed by atoms with Gasteiger partial charge in [-0.15, -0.1) is 0 Å². The first-order chi connectivity index (χ1) is 10.9. The van der Waals surface area contributed by atoms with Gasteiger partial charge >= 0.3 is 0 Å². The van der Waals surface area contributed by atoms with Crippen molar-refractivity contribution in [1.29, 1.82) is 0 Å². The Morgan fingerprint density at radius 2 is 1.74 bits per heavy atom. The van der Waals surface area contributed by atoms with E-state index in [1.807, 2.05) is 13.8 Å². The van der Waals surface area contributed by atoms with Gasteiger partial charge < -0.3 is 5.32 Å². The van der Waals surface area contributed by atoms with E-state index in [2.05, 4.69) is 31.2 Å². The molecule has 1 N–H and O–H groups in total. The van der Waals surface area contributed by atoms with Crippen LogP contribution in [0.15, 0.2) is 40.9 Å². The summed E-state index contributed by atoms with van der Waals surface area (Å²) in [7, 11) is 0. The van der Waals surface area contributed by atoms with Gasteiger partial charge in [-0.1, -0.05) is 15.9 Å². The average molecular weight is 374 g/mol. The van der Waals surface area contributed by atoms with Crippen molar-refractivity contribution in [3.63, 3.8) is 0 Å². The molecule has 0 saturated carbocycles. The summed E-state index contributed by atoms with van der Waals surface area (Å²) in [5, 5.41) is 2.56. The number of carbonyl (C=O) groups excluding carboxylic acids is 1. The summed E-state index contributed by atoms with van der Waals surface area (Å²) < 4.78 is 14.4. The summed E-state index contributed by atoms with van der Waals surface area (Å²) in [5.74, 6) is -0.895. The second-order valence-corrected chi connectivity index (χ2v) is 6.09. The third-order valence-corrected chi connectivity index (χ3v) is 4.01. The molecule has 0 bridgehead atoms. The number of nitrogens with zero attached hydrogens (tertiary/aromatic N) is 2. The van der Waals surface area contributed by atoms with Gasteiger partial charge in [0.2, 0.25) is 0 Å². The first-order valence-corrected chi connectivity index (χ1v) is 7.75. The maximum absolute atomic E-state index is 13.8. The molecule has 0 aliphatic heterocycles. The Bertz CT molecular complexity index is 927. The lowest BCUT2D eigenvalue weighted by Gasteiger charge is -2.08. The summed E-state index contributed by atoms with van der Waals surface area (Å²) in [4.78, 5) is 21.2. The second kappa shape index (κ2) is 6.04. The highest BCUT2D eigenvalue weighted by atomic mass is 79.9. The Hall–Kier alpha value is -2.34. The van der Waals surface area contributed by atoms with Crippen molar-refractivity contribution in [2.24, 2.45) is 0 Å². The summed E-state index contributed by atoms with van der Waals surface area (Å²) in [6.07, 6.45) is 0. The van der Waals surface area contributed by atoms with Crippen molar-refractivity contribution in [1.82, 2.24) is 9.97 Å². The minimum Gasteiger partial charge on any atom is -0.319 e. The first kappa shape index (κ1) is 15.6. The van der Waals surface area contributed by atoms with E-state index in [1.54, 1.807) is 24.3 Å². The molecule has 4 nitrogen and oxygen atoms in total. The molecule has 0 spiro atoms. The lowest BCUT2D eigenvalue weighted by Crippen LogP contribution is -2.13. The van der Waals surface area contributed by atoms with Gasteiger partial charge in [-0.05, 0) is 50.2 Å². The molecule has 3 rings (SSSR count). The molecule has 1 amide bonds. The van der Waals surface area contributed by atoms with Crippen LogP contribution in [0.25, 0.3) is 11.0 Å². The highest BCUT2D eigenvalue weighted by Crippen LogP contribution is 2.21. The fraction of sp³-hybridized carbons (Fsp3) is 0.118. The van der Waals surface area contributed by atoms with Crippen LogP contribution in [0.3, 0.4) is 0 Å². The minimum atomic E-state index is -0.500. The standard InChI is InChI=1S/C17H13BrFN3O/c1-9-10(2)21-16-7-11(3-5-15(16)20-9)17(23)22-14-6-4-12(18)8-13(14)19/h3-8H,1-2H3,(H,22,23). The lowest BCUT2D eigenvalue weighted by molar-refractivity contribution is 0.102. The molecule has 0 fully saturated rings. The van der Waals surface area contributed by atoms with Crippen LogP contribution in [-0.4, -0.2) is 15.9 Å². The normalized spacial score (nSPS) is 10.8. The first-order valence-electron chi connectivity index (χ1n) is 6.95. The number of hydrogen-bond donors (Lipinski definition) is 1. The average Bonchev–Trinajstić information content (AvgIpc) is 2.50. The zero-order valence-corrected chi connectivity index (χ0v) is 14.1. The Kier molecular flexibility index (Phi) is 4.09. The van der Waals surface area contributed by atoms with Gasteiger partial charge in [0.1, 0.15) is 5.82 Å². The molecule has 1 aromatic heterocycles. The zero-order valence-electron chi connectivity index (χ0n) is 12.5. The topological polar surface area (TPSA) is 54.9 Å². The summed E-state index contributed by atoms with van der Waals surface area (Å²) in [6.45, 7) is 3.75. The Balaban J connectivity index is 1.93. The monoisotopic (exact) mass is 373 g/mol. The number of amides is 1. The fourth-order valence-electron chi connectivity index (χ4n) is 2.16. The Labute approximate surface area is 140 Å². The molecule has 0 aliphatic rings. The number of hydrogen-bond acceptors (Lipinski definition) is 3. The molecule has 6 heteroatoms. The maximum atomic E-state index is 13.8. The summed E-state index contributed by atoms with van der Waals surface area (Å²) in [5.41, 5.74) is 3.55. The number of benzene rings is 2. The van der Waals surface area contributed by atoms with Gasteiger partial charge in [0, 0.05) is 10.0 Å². The zero-order chi connectivity index (χ0) is 16.6. The van der Waals surface area contributed by atoms with E-state index in [9.17, 15) is 9.18 Å². The van der Waals surface area contributed by atoms with Crippen LogP contribution in [0.5, 0.6) is 0 Å². The van der Waals surface area contributed by atoms with Crippen molar-refractivity contribution in [2.45, 2.75) is 13.8 Å². The molecule has 0 atom stereocenters. The van der Waals surface area contributed by atoms with Crippen molar-refractivity contribution in [3.05, 3.63) is 63.6 Å². The molecule has 2 aromatic carbocycles. The van der Waals surface area contributed by atoms with Gasteiger partial charge in [0.05, 0.1) is 28.1 Å². The molecule has 1 heterocycles.